The Morgan fingerprint density at radius 3 is 2.42 bits per heavy atom. The van der Waals surface area contributed by atoms with Crippen LogP contribution >= 0.6 is 26.8 Å². The third kappa shape index (κ3) is 6.48. The molecule has 36 heavy (non-hydrogen) atoms. The standard InChI is InChI=1S/C21H24ClN3O9P2/c22-21-24-16-13(7-4-8-14(16)20(25-21)23-9-12-5-2-1-3-6-12)19-18(27)17(26)15(34-19)10-33-36(31,32)11-35(28,29)30/h1-8,15,17-19,26-27H,9-11H2,(H,31,32)(H,23,24,25)(H2,28,29,30)/t15-,17-,18-,19+/m1/s1. The molecule has 2 heterocycles. The summed E-state index contributed by atoms with van der Waals surface area (Å²) in [4.78, 5) is 36.1. The molecular formula is C21H24ClN3O9P2. The first-order valence-electron chi connectivity index (χ1n) is 10.7. The summed E-state index contributed by atoms with van der Waals surface area (Å²) in [7, 11) is -9.49. The lowest BCUT2D eigenvalue weighted by atomic mass is 9.99. The maximum Gasteiger partial charge on any atom is 0.340 e. The smallest absolute Gasteiger partial charge is 0.340 e. The normalized spacial score (nSPS) is 24.1. The number of ether oxygens (including phenoxy) is 1. The molecule has 4 rings (SSSR count). The Kier molecular flexibility index (Phi) is 8.13. The zero-order valence-electron chi connectivity index (χ0n) is 18.6. The third-order valence-electron chi connectivity index (χ3n) is 5.51. The minimum absolute atomic E-state index is 0.0583. The van der Waals surface area contributed by atoms with E-state index in [9.17, 15) is 24.2 Å². The van der Waals surface area contributed by atoms with Crippen molar-refractivity contribution in [2.24, 2.45) is 0 Å². The minimum atomic E-state index is -4.82. The number of benzene rings is 2. The molecule has 0 spiro atoms. The first kappa shape index (κ1) is 27.1. The van der Waals surface area contributed by atoms with Crippen molar-refractivity contribution in [1.29, 1.82) is 0 Å². The van der Waals surface area contributed by atoms with E-state index in [-0.39, 0.29) is 5.28 Å². The van der Waals surface area contributed by atoms with Crippen LogP contribution in [-0.4, -0.2) is 65.7 Å². The molecule has 3 aromatic rings. The fourth-order valence-corrected chi connectivity index (χ4v) is 6.64. The van der Waals surface area contributed by atoms with E-state index in [0.29, 0.717) is 28.8 Å². The molecule has 1 aliphatic heterocycles. The van der Waals surface area contributed by atoms with Gasteiger partial charge in [0.15, 0.2) is 5.90 Å². The van der Waals surface area contributed by atoms with Crippen LogP contribution in [0, 0.1) is 0 Å². The number of aromatic nitrogens is 2. The van der Waals surface area contributed by atoms with E-state index in [1.165, 1.54) is 0 Å². The van der Waals surface area contributed by atoms with Crippen molar-refractivity contribution < 1.29 is 43.3 Å². The van der Waals surface area contributed by atoms with Gasteiger partial charge in [0.2, 0.25) is 5.28 Å². The molecule has 0 radical (unpaired) electrons. The first-order valence-corrected chi connectivity index (χ1v) is 14.6. The summed E-state index contributed by atoms with van der Waals surface area (Å²) >= 11 is 6.17. The first-order chi connectivity index (χ1) is 16.9. The van der Waals surface area contributed by atoms with Gasteiger partial charge in [-0.2, -0.15) is 0 Å². The van der Waals surface area contributed by atoms with Gasteiger partial charge in [-0.1, -0.05) is 42.5 Å². The number of aliphatic hydroxyl groups is 2. The molecule has 12 nitrogen and oxygen atoms in total. The number of anilines is 1. The summed E-state index contributed by atoms with van der Waals surface area (Å²) < 4.78 is 33.5. The lowest BCUT2D eigenvalue weighted by Gasteiger charge is -2.18. The predicted molar refractivity (Wildman–Crippen MR) is 131 cm³/mol. The summed E-state index contributed by atoms with van der Waals surface area (Å²) in [6, 6.07) is 14.7. The van der Waals surface area contributed by atoms with Crippen molar-refractivity contribution in [1.82, 2.24) is 9.97 Å². The number of hydrogen-bond donors (Lipinski definition) is 6. The largest absolute Gasteiger partial charge is 0.387 e. The molecule has 5 atom stereocenters. The highest BCUT2D eigenvalue weighted by atomic mass is 35.5. The summed E-state index contributed by atoms with van der Waals surface area (Å²) in [6.45, 7) is -0.225. The van der Waals surface area contributed by atoms with Crippen molar-refractivity contribution in [2.75, 3.05) is 17.8 Å². The Morgan fingerprint density at radius 2 is 1.72 bits per heavy atom. The van der Waals surface area contributed by atoms with E-state index in [0.717, 1.165) is 5.56 Å². The van der Waals surface area contributed by atoms with Crippen LogP contribution in [0.2, 0.25) is 5.28 Å². The minimum Gasteiger partial charge on any atom is -0.387 e. The SMILES string of the molecule is O=P(O)(O)CP(=O)(O)OC[C@H]1O[C@@H](c2cccc3c(NCc4ccccc4)nc(Cl)nc23)[C@H](O)[C@@H]1O. The number of halogens is 1. The lowest BCUT2D eigenvalue weighted by Crippen LogP contribution is -2.33. The number of fused-ring (bicyclic) bond motifs is 1. The quantitative estimate of drug-likeness (QED) is 0.166. The number of rotatable bonds is 9. The highest BCUT2D eigenvalue weighted by molar-refractivity contribution is 7.70. The van der Waals surface area contributed by atoms with Crippen LogP contribution in [0.5, 0.6) is 0 Å². The Hall–Kier alpha value is -1.95. The second-order valence-electron chi connectivity index (χ2n) is 8.24. The van der Waals surface area contributed by atoms with Crippen molar-refractivity contribution in [3.63, 3.8) is 0 Å². The number of aliphatic hydroxyl groups excluding tert-OH is 2. The average Bonchev–Trinajstić information content (AvgIpc) is 3.08. The predicted octanol–water partition coefficient (Wildman–Crippen LogP) is 2.39. The summed E-state index contributed by atoms with van der Waals surface area (Å²) in [6.07, 6.45) is -5.34. The Balaban J connectivity index is 1.56. The van der Waals surface area contributed by atoms with E-state index in [1.54, 1.807) is 18.2 Å². The molecule has 0 saturated carbocycles. The summed E-state index contributed by atoms with van der Waals surface area (Å²) in [5, 5.41) is 24.9. The third-order valence-corrected chi connectivity index (χ3v) is 9.13. The zero-order chi connectivity index (χ0) is 26.1. The highest BCUT2D eigenvalue weighted by Crippen LogP contribution is 2.55. The molecule has 0 aliphatic carbocycles. The van der Waals surface area contributed by atoms with Gasteiger partial charge in [-0.3, -0.25) is 9.13 Å². The monoisotopic (exact) mass is 559 g/mol. The van der Waals surface area contributed by atoms with Crippen LogP contribution in [0.3, 0.4) is 0 Å². The molecule has 15 heteroatoms. The fourth-order valence-electron chi connectivity index (χ4n) is 3.90. The van der Waals surface area contributed by atoms with E-state index in [4.69, 9.17) is 30.6 Å². The molecular weight excluding hydrogens is 536 g/mol. The van der Waals surface area contributed by atoms with E-state index >= 15 is 0 Å². The van der Waals surface area contributed by atoms with Gasteiger partial charge in [0.05, 0.1) is 12.1 Å². The number of hydrogen-bond acceptors (Lipinski definition) is 9. The maximum absolute atomic E-state index is 11.9. The van der Waals surface area contributed by atoms with Crippen LogP contribution in [0.25, 0.3) is 10.9 Å². The van der Waals surface area contributed by atoms with Crippen molar-refractivity contribution in [3.05, 3.63) is 64.9 Å². The maximum atomic E-state index is 11.9. The molecule has 1 aliphatic rings. The Bertz CT molecular complexity index is 1330. The fraction of sp³-hybridized carbons (Fsp3) is 0.333. The molecule has 0 amide bonds. The van der Waals surface area contributed by atoms with Crippen LogP contribution < -0.4 is 5.32 Å². The van der Waals surface area contributed by atoms with E-state index < -0.39 is 52.1 Å². The molecule has 1 fully saturated rings. The molecule has 1 aromatic heterocycles. The zero-order valence-corrected chi connectivity index (χ0v) is 21.1. The highest BCUT2D eigenvalue weighted by Gasteiger charge is 2.45. The van der Waals surface area contributed by atoms with E-state index in [1.807, 2.05) is 30.3 Å². The topological polar surface area (TPSA) is 192 Å². The van der Waals surface area contributed by atoms with Gasteiger partial charge in [0.1, 0.15) is 30.2 Å². The van der Waals surface area contributed by atoms with Crippen molar-refractivity contribution >= 4 is 43.5 Å². The number of para-hydroxylation sites is 1. The van der Waals surface area contributed by atoms with Crippen molar-refractivity contribution in [2.45, 2.75) is 31.0 Å². The molecule has 1 saturated heterocycles. The van der Waals surface area contributed by atoms with Gasteiger partial charge in [0.25, 0.3) is 0 Å². The van der Waals surface area contributed by atoms with Gasteiger partial charge < -0.3 is 39.5 Å². The van der Waals surface area contributed by atoms with Crippen LogP contribution in [-0.2, 0) is 24.9 Å². The molecule has 6 N–H and O–H groups in total. The lowest BCUT2D eigenvalue weighted by molar-refractivity contribution is -0.0182. The molecule has 194 valence electrons. The van der Waals surface area contributed by atoms with E-state index in [2.05, 4.69) is 15.3 Å². The Morgan fingerprint density at radius 1 is 1.00 bits per heavy atom. The number of nitrogens with zero attached hydrogens (tertiary/aromatic N) is 2. The number of nitrogens with one attached hydrogen (secondary N) is 1. The molecule has 1 unspecified atom stereocenters. The van der Waals surface area contributed by atoms with Gasteiger partial charge in [-0.05, 0) is 23.2 Å². The molecule has 0 bridgehead atoms. The van der Waals surface area contributed by atoms with Gasteiger partial charge in [-0.15, -0.1) is 0 Å². The average molecular weight is 560 g/mol. The summed E-state index contributed by atoms with van der Waals surface area (Å²) in [5.74, 6) is -0.936. The van der Waals surface area contributed by atoms with Gasteiger partial charge in [0, 0.05) is 17.5 Å². The van der Waals surface area contributed by atoms with Gasteiger partial charge in [-0.25, -0.2) is 9.97 Å². The van der Waals surface area contributed by atoms with Crippen molar-refractivity contribution in [3.8, 4) is 0 Å². The second-order valence-corrected chi connectivity index (χ2v) is 12.6. The van der Waals surface area contributed by atoms with Gasteiger partial charge >= 0.3 is 15.2 Å². The van der Waals surface area contributed by atoms with Crippen LogP contribution in [0.15, 0.2) is 48.5 Å². The molecule has 2 aromatic carbocycles. The van der Waals surface area contributed by atoms with Crippen LogP contribution in [0.1, 0.15) is 17.2 Å². The second kappa shape index (κ2) is 10.8. The summed E-state index contributed by atoms with van der Waals surface area (Å²) in [5.41, 5.74) is 1.76. The van der Waals surface area contributed by atoms with Crippen LogP contribution in [0.4, 0.5) is 5.82 Å². The Labute approximate surface area is 210 Å².